The standard InChI is InChI=1S/C26H30N4O3S2/c1-15(34)33-24(27-5)17-14-19-16(13-20(17)32-7)10-11-18-22(25(31)29(6)26(2,3)4)28-23(30(18)19)21-9-8-12-35-21/h8-9,12-14H,10-11H2,1-7H3/b27-24-. The van der Waals surface area contributed by atoms with Crippen molar-refractivity contribution in [3.8, 4) is 22.1 Å². The number of aliphatic imine (C=N–C) groups is 1. The van der Waals surface area contributed by atoms with Gasteiger partial charge in [0.2, 0.25) is 5.90 Å². The number of thiocarbonyl (C=S) groups is 1. The number of carbonyl (C=O) groups is 1. The van der Waals surface area contributed by atoms with Gasteiger partial charge in [-0.3, -0.25) is 14.4 Å². The molecule has 2 aromatic heterocycles. The van der Waals surface area contributed by atoms with Gasteiger partial charge in [0.1, 0.15) is 5.75 Å². The zero-order valence-electron chi connectivity index (χ0n) is 21.1. The molecule has 0 radical (unpaired) electrons. The van der Waals surface area contributed by atoms with E-state index in [1.54, 1.807) is 37.3 Å². The topological polar surface area (TPSA) is 69.0 Å². The van der Waals surface area contributed by atoms with E-state index in [4.69, 9.17) is 26.7 Å². The summed E-state index contributed by atoms with van der Waals surface area (Å²) in [4.78, 5) is 25.6. The Hall–Kier alpha value is -3.04. The van der Waals surface area contributed by atoms with E-state index >= 15 is 0 Å². The molecule has 0 N–H and O–H groups in total. The Balaban J connectivity index is 1.97. The van der Waals surface area contributed by atoms with Gasteiger partial charge < -0.3 is 14.4 Å². The van der Waals surface area contributed by atoms with Crippen LogP contribution in [0.4, 0.5) is 0 Å². The van der Waals surface area contributed by atoms with Crippen LogP contribution in [-0.4, -0.2) is 58.1 Å². The third kappa shape index (κ3) is 4.62. The van der Waals surface area contributed by atoms with Crippen LogP contribution >= 0.6 is 23.6 Å². The van der Waals surface area contributed by atoms with Gasteiger partial charge in [-0.05, 0) is 75.0 Å². The van der Waals surface area contributed by atoms with Crippen LogP contribution in [0.5, 0.6) is 5.75 Å². The fraction of sp³-hybridized carbons (Fsp3) is 0.385. The average Bonchev–Trinajstić information content (AvgIpc) is 3.48. The number of fused-ring (bicyclic) bond motifs is 3. The van der Waals surface area contributed by atoms with Crippen molar-refractivity contribution in [1.82, 2.24) is 14.5 Å². The van der Waals surface area contributed by atoms with Gasteiger partial charge in [-0.15, -0.1) is 11.3 Å². The number of hydrogen-bond acceptors (Lipinski definition) is 7. The van der Waals surface area contributed by atoms with Crippen LogP contribution in [0.2, 0.25) is 0 Å². The van der Waals surface area contributed by atoms with Crippen molar-refractivity contribution in [2.45, 2.75) is 46.1 Å². The van der Waals surface area contributed by atoms with Gasteiger partial charge in [0.25, 0.3) is 5.91 Å². The maximum atomic E-state index is 13.6. The predicted molar refractivity (Wildman–Crippen MR) is 145 cm³/mol. The molecule has 0 fully saturated rings. The number of hydrogen-bond donors (Lipinski definition) is 0. The van der Waals surface area contributed by atoms with E-state index in [1.165, 1.54) is 0 Å². The lowest BCUT2D eigenvalue weighted by atomic mass is 9.97. The highest BCUT2D eigenvalue weighted by Crippen LogP contribution is 2.38. The first kappa shape index (κ1) is 25.1. The number of benzene rings is 1. The molecule has 1 aliphatic rings. The summed E-state index contributed by atoms with van der Waals surface area (Å²) in [5.41, 5.74) is 3.79. The van der Waals surface area contributed by atoms with Crippen molar-refractivity contribution < 1.29 is 14.3 Å². The molecule has 3 heterocycles. The lowest BCUT2D eigenvalue weighted by Gasteiger charge is -2.32. The number of ether oxygens (including phenoxy) is 2. The maximum absolute atomic E-state index is 13.6. The van der Waals surface area contributed by atoms with Crippen molar-refractivity contribution in [1.29, 1.82) is 0 Å². The summed E-state index contributed by atoms with van der Waals surface area (Å²) in [6.07, 6.45) is 1.45. The van der Waals surface area contributed by atoms with Crippen LogP contribution in [0.3, 0.4) is 0 Å². The van der Waals surface area contributed by atoms with E-state index in [1.807, 2.05) is 57.5 Å². The molecule has 0 unspecified atom stereocenters. The lowest BCUT2D eigenvalue weighted by Crippen LogP contribution is -2.43. The highest BCUT2D eigenvalue weighted by atomic mass is 32.1. The first-order chi connectivity index (χ1) is 16.6. The molecule has 0 bridgehead atoms. The van der Waals surface area contributed by atoms with Crippen molar-refractivity contribution in [2.75, 3.05) is 21.2 Å². The predicted octanol–water partition coefficient (Wildman–Crippen LogP) is 5.32. The fourth-order valence-electron chi connectivity index (χ4n) is 4.11. The van der Waals surface area contributed by atoms with Crippen LogP contribution in [-0.2, 0) is 17.6 Å². The number of aromatic nitrogens is 2. The number of carbonyl (C=O) groups excluding carboxylic acids is 1. The minimum Gasteiger partial charge on any atom is -0.496 e. The summed E-state index contributed by atoms with van der Waals surface area (Å²) >= 11 is 6.76. The maximum Gasteiger partial charge on any atom is 0.274 e. The van der Waals surface area contributed by atoms with Crippen molar-refractivity contribution in [2.24, 2.45) is 4.99 Å². The van der Waals surface area contributed by atoms with Gasteiger partial charge in [0.15, 0.2) is 16.6 Å². The smallest absolute Gasteiger partial charge is 0.274 e. The number of nitrogens with zero attached hydrogens (tertiary/aromatic N) is 4. The Morgan fingerprint density at radius 2 is 2.03 bits per heavy atom. The number of imidazole rings is 1. The zero-order chi connectivity index (χ0) is 25.5. The number of methoxy groups -OCH3 is 1. The summed E-state index contributed by atoms with van der Waals surface area (Å²) in [6.45, 7) is 7.76. The first-order valence-corrected chi connectivity index (χ1v) is 12.7. The Kier molecular flexibility index (Phi) is 6.83. The summed E-state index contributed by atoms with van der Waals surface area (Å²) in [5, 5.41) is 2.38. The van der Waals surface area contributed by atoms with E-state index in [0.717, 1.165) is 34.1 Å². The van der Waals surface area contributed by atoms with E-state index in [-0.39, 0.29) is 11.4 Å². The Labute approximate surface area is 215 Å². The van der Waals surface area contributed by atoms with Gasteiger partial charge >= 0.3 is 0 Å². The second-order valence-corrected chi connectivity index (χ2v) is 10.9. The molecule has 7 nitrogen and oxygen atoms in total. The van der Waals surface area contributed by atoms with E-state index < -0.39 is 0 Å². The monoisotopic (exact) mass is 510 g/mol. The van der Waals surface area contributed by atoms with Crippen LogP contribution in [0.15, 0.2) is 34.6 Å². The SMILES string of the molecule is C/N=C(\OC(C)=S)c1cc2c(cc1OC)CCc1c(C(=O)N(C)C(C)(C)C)nc(-c3cccs3)n1-2. The summed E-state index contributed by atoms with van der Waals surface area (Å²) in [6, 6.07) is 8.03. The quantitative estimate of drug-likeness (QED) is 0.270. The van der Waals surface area contributed by atoms with Gasteiger partial charge in [-0.1, -0.05) is 6.07 Å². The Bertz CT molecular complexity index is 1320. The summed E-state index contributed by atoms with van der Waals surface area (Å²) in [5.74, 6) is 1.70. The molecule has 4 rings (SSSR count). The first-order valence-electron chi connectivity index (χ1n) is 11.4. The average molecular weight is 511 g/mol. The van der Waals surface area contributed by atoms with Gasteiger partial charge in [-0.2, -0.15) is 0 Å². The van der Waals surface area contributed by atoms with Gasteiger partial charge in [0.05, 0.1) is 28.9 Å². The zero-order valence-corrected chi connectivity index (χ0v) is 22.8. The molecule has 0 spiro atoms. The third-order valence-corrected chi connectivity index (χ3v) is 7.12. The number of thiophene rings is 1. The number of rotatable bonds is 4. The fourth-order valence-corrected chi connectivity index (χ4v) is 4.90. The second-order valence-electron chi connectivity index (χ2n) is 9.38. The number of amides is 1. The molecule has 1 aliphatic heterocycles. The molecular weight excluding hydrogens is 480 g/mol. The molecule has 9 heteroatoms. The normalized spacial score (nSPS) is 13.2. The largest absolute Gasteiger partial charge is 0.496 e. The molecule has 3 aromatic rings. The van der Waals surface area contributed by atoms with Gasteiger partial charge in [0, 0.05) is 26.6 Å². The molecule has 0 saturated carbocycles. The van der Waals surface area contributed by atoms with Crippen LogP contribution in [0, 0.1) is 0 Å². The molecular formula is C26H30N4O3S2. The van der Waals surface area contributed by atoms with Gasteiger partial charge in [-0.25, -0.2) is 4.98 Å². The lowest BCUT2D eigenvalue weighted by molar-refractivity contribution is 0.0649. The third-order valence-electron chi connectivity index (χ3n) is 6.17. The van der Waals surface area contributed by atoms with Crippen molar-refractivity contribution in [3.63, 3.8) is 0 Å². The minimum atomic E-state index is -0.327. The van der Waals surface area contributed by atoms with E-state index in [0.29, 0.717) is 34.4 Å². The van der Waals surface area contributed by atoms with Crippen LogP contribution in [0.25, 0.3) is 16.4 Å². The Morgan fingerprint density at radius 3 is 2.60 bits per heavy atom. The van der Waals surface area contributed by atoms with E-state index in [2.05, 4.69) is 9.56 Å². The van der Waals surface area contributed by atoms with Crippen LogP contribution in [0.1, 0.15) is 55.0 Å². The van der Waals surface area contributed by atoms with E-state index in [9.17, 15) is 4.79 Å². The van der Waals surface area contributed by atoms with Crippen molar-refractivity contribution >= 4 is 40.4 Å². The Morgan fingerprint density at radius 1 is 1.29 bits per heavy atom. The summed E-state index contributed by atoms with van der Waals surface area (Å²) in [7, 11) is 5.11. The van der Waals surface area contributed by atoms with Crippen LogP contribution < -0.4 is 4.74 Å². The molecule has 184 valence electrons. The molecule has 35 heavy (non-hydrogen) atoms. The summed E-state index contributed by atoms with van der Waals surface area (Å²) < 4.78 is 13.5. The molecule has 1 amide bonds. The molecule has 0 atom stereocenters. The number of aryl methyl sites for hydroxylation is 1. The minimum absolute atomic E-state index is 0.0864. The highest BCUT2D eigenvalue weighted by Gasteiger charge is 2.33. The molecule has 1 aromatic carbocycles. The van der Waals surface area contributed by atoms with Crippen molar-refractivity contribution in [3.05, 3.63) is 52.2 Å². The highest BCUT2D eigenvalue weighted by molar-refractivity contribution is 7.80. The second kappa shape index (κ2) is 9.54. The molecule has 0 aliphatic carbocycles. The molecule has 0 saturated heterocycles.